The van der Waals surface area contributed by atoms with E-state index < -0.39 is 17.7 Å². The van der Waals surface area contributed by atoms with Gasteiger partial charge in [0.15, 0.2) is 17.2 Å². The summed E-state index contributed by atoms with van der Waals surface area (Å²) in [6, 6.07) is 2.80. The molecule has 7 nitrogen and oxygen atoms in total. The number of aromatic nitrogens is 4. The number of H-pyrrole nitrogens is 1. The number of anilines is 1. The third-order valence-electron chi connectivity index (χ3n) is 3.24. The van der Waals surface area contributed by atoms with Crippen molar-refractivity contribution in [2.45, 2.75) is 20.0 Å². The number of benzene rings is 1. The minimum atomic E-state index is -0.863. The zero-order valence-corrected chi connectivity index (χ0v) is 13.0. The van der Waals surface area contributed by atoms with Crippen LogP contribution in [0.1, 0.15) is 12.6 Å². The highest BCUT2D eigenvalue weighted by Crippen LogP contribution is 2.28. The van der Waals surface area contributed by atoms with E-state index in [1.54, 1.807) is 13.8 Å². The predicted octanol–water partition coefficient (Wildman–Crippen LogP) is 2.52. The Morgan fingerprint density at radius 2 is 2.12 bits per heavy atom. The number of ether oxygens (including phenoxy) is 1. The summed E-state index contributed by atoms with van der Waals surface area (Å²) in [5, 5.41) is 19.8. The number of nitrogens with zero attached hydrogens (tertiary/aromatic N) is 3. The van der Waals surface area contributed by atoms with Crippen LogP contribution in [0.2, 0.25) is 0 Å². The minimum absolute atomic E-state index is 0.134. The molecular formula is C15H15F2N5O2. The average Bonchev–Trinajstić information content (AvgIpc) is 2.89. The molecule has 9 heteroatoms. The largest absolute Gasteiger partial charge is 0.421 e. The molecule has 0 radical (unpaired) electrons. The maximum Gasteiger partial charge on any atom is 0.326 e. The Hall–Kier alpha value is -2.81. The van der Waals surface area contributed by atoms with Gasteiger partial charge in [0.25, 0.3) is 0 Å². The number of aliphatic hydroxyl groups excluding tert-OH is 1. The molecule has 0 spiro atoms. The molecule has 0 unspecified atom stereocenters. The average molecular weight is 335 g/mol. The number of hydrogen-bond donors (Lipinski definition) is 3. The first-order valence-corrected chi connectivity index (χ1v) is 7.21. The van der Waals surface area contributed by atoms with Crippen LogP contribution in [0.4, 0.5) is 14.6 Å². The van der Waals surface area contributed by atoms with E-state index in [0.29, 0.717) is 28.6 Å². The first-order valence-electron chi connectivity index (χ1n) is 7.21. The fourth-order valence-electron chi connectivity index (χ4n) is 2.13. The highest BCUT2D eigenvalue weighted by atomic mass is 19.1. The summed E-state index contributed by atoms with van der Waals surface area (Å²) in [6.45, 7) is 3.65. The highest BCUT2D eigenvalue weighted by molar-refractivity contribution is 5.89. The maximum atomic E-state index is 13.7. The quantitative estimate of drug-likeness (QED) is 0.663. The van der Waals surface area contributed by atoms with Gasteiger partial charge in [0, 0.05) is 12.6 Å². The molecule has 3 N–H and O–H groups in total. The van der Waals surface area contributed by atoms with Crippen LogP contribution in [0.15, 0.2) is 18.2 Å². The van der Waals surface area contributed by atoms with Crippen LogP contribution >= 0.6 is 0 Å². The number of aliphatic hydroxyl groups is 1. The fourth-order valence-corrected chi connectivity index (χ4v) is 2.13. The molecule has 2 heterocycles. The lowest BCUT2D eigenvalue weighted by Gasteiger charge is -2.11. The van der Waals surface area contributed by atoms with Crippen LogP contribution in [0, 0.1) is 18.6 Å². The highest BCUT2D eigenvalue weighted by Gasteiger charge is 2.16. The van der Waals surface area contributed by atoms with E-state index in [4.69, 9.17) is 4.74 Å². The van der Waals surface area contributed by atoms with Gasteiger partial charge in [0.05, 0.1) is 17.2 Å². The molecule has 0 fully saturated rings. The van der Waals surface area contributed by atoms with Crippen LogP contribution in [-0.2, 0) is 0 Å². The molecule has 0 saturated carbocycles. The first kappa shape index (κ1) is 16.1. The number of aromatic amines is 1. The lowest BCUT2D eigenvalue weighted by molar-refractivity contribution is 0.208. The van der Waals surface area contributed by atoms with Crippen LogP contribution in [0.25, 0.3) is 11.0 Å². The second-order valence-electron chi connectivity index (χ2n) is 5.29. The molecule has 0 saturated heterocycles. The molecule has 0 aliphatic heterocycles. The van der Waals surface area contributed by atoms with Gasteiger partial charge >= 0.3 is 6.01 Å². The van der Waals surface area contributed by atoms with E-state index in [0.717, 1.165) is 12.1 Å². The Bertz CT molecular complexity index is 882. The van der Waals surface area contributed by atoms with E-state index in [9.17, 15) is 13.9 Å². The Labute approximate surface area is 135 Å². The van der Waals surface area contributed by atoms with Crippen LogP contribution in [0.5, 0.6) is 11.8 Å². The molecule has 3 aromatic rings. The van der Waals surface area contributed by atoms with E-state index in [2.05, 4.69) is 25.5 Å². The number of nitrogens with one attached hydrogen (secondary N) is 2. The summed E-state index contributed by atoms with van der Waals surface area (Å²) in [5.41, 5.74) is 1.06. The van der Waals surface area contributed by atoms with Gasteiger partial charge in [0.1, 0.15) is 11.6 Å². The van der Waals surface area contributed by atoms with Gasteiger partial charge in [-0.15, -0.1) is 0 Å². The van der Waals surface area contributed by atoms with Crippen LogP contribution in [-0.4, -0.2) is 37.9 Å². The topological polar surface area (TPSA) is 96.0 Å². The summed E-state index contributed by atoms with van der Waals surface area (Å²) in [6.07, 6.45) is -0.596. The standard InChI is InChI=1S/C15H15F2N5O2/c1-7(23)6-18-13-12-8(2)21-22-14(12)20-15(19-13)24-11-4-3-9(16)5-10(11)17/h3-5,7,23H,6H2,1-2H3,(H2,18,19,20,21,22)/t7-/m0/s1. The third kappa shape index (κ3) is 3.25. The zero-order chi connectivity index (χ0) is 17.3. The summed E-state index contributed by atoms with van der Waals surface area (Å²) in [7, 11) is 0. The maximum absolute atomic E-state index is 13.7. The molecular weight excluding hydrogens is 320 g/mol. The molecule has 1 aromatic carbocycles. The van der Waals surface area contributed by atoms with Crippen molar-refractivity contribution in [3.8, 4) is 11.8 Å². The van der Waals surface area contributed by atoms with Crippen molar-refractivity contribution in [1.82, 2.24) is 20.2 Å². The van der Waals surface area contributed by atoms with Gasteiger partial charge in [-0.25, -0.2) is 8.78 Å². The van der Waals surface area contributed by atoms with Crippen LogP contribution < -0.4 is 10.1 Å². The summed E-state index contributed by atoms with van der Waals surface area (Å²) in [5.74, 6) is -1.38. The van der Waals surface area contributed by atoms with Crippen molar-refractivity contribution in [2.75, 3.05) is 11.9 Å². The van der Waals surface area contributed by atoms with Gasteiger partial charge < -0.3 is 15.2 Å². The predicted molar refractivity (Wildman–Crippen MR) is 83.0 cm³/mol. The Morgan fingerprint density at radius 1 is 1.33 bits per heavy atom. The van der Waals surface area contributed by atoms with Gasteiger partial charge in [-0.05, 0) is 26.0 Å². The number of halogens is 2. The second kappa shape index (κ2) is 6.36. The molecule has 24 heavy (non-hydrogen) atoms. The fraction of sp³-hybridized carbons (Fsp3) is 0.267. The summed E-state index contributed by atoms with van der Waals surface area (Å²) in [4.78, 5) is 8.32. The van der Waals surface area contributed by atoms with Gasteiger partial charge in [-0.3, -0.25) is 5.10 Å². The Morgan fingerprint density at radius 3 is 2.83 bits per heavy atom. The van der Waals surface area contributed by atoms with Crippen molar-refractivity contribution in [1.29, 1.82) is 0 Å². The van der Waals surface area contributed by atoms with Crippen molar-refractivity contribution >= 4 is 16.9 Å². The SMILES string of the molecule is Cc1n[nH]c2nc(Oc3ccc(F)cc3F)nc(NC[C@H](C)O)c12. The lowest BCUT2D eigenvalue weighted by atomic mass is 10.3. The van der Waals surface area contributed by atoms with E-state index in [1.165, 1.54) is 0 Å². The molecule has 126 valence electrons. The molecule has 0 amide bonds. The molecule has 0 aliphatic carbocycles. The van der Waals surface area contributed by atoms with Crippen molar-refractivity contribution in [2.24, 2.45) is 0 Å². The van der Waals surface area contributed by atoms with Gasteiger partial charge in [-0.1, -0.05) is 0 Å². The monoisotopic (exact) mass is 335 g/mol. The Kier molecular flexibility index (Phi) is 4.26. The minimum Gasteiger partial charge on any atom is -0.421 e. The Balaban J connectivity index is 1.99. The molecule has 2 aromatic heterocycles. The van der Waals surface area contributed by atoms with E-state index in [-0.39, 0.29) is 18.3 Å². The lowest BCUT2D eigenvalue weighted by Crippen LogP contribution is -2.16. The van der Waals surface area contributed by atoms with Crippen molar-refractivity contribution in [3.05, 3.63) is 35.5 Å². The normalized spacial score (nSPS) is 12.4. The number of hydrogen-bond acceptors (Lipinski definition) is 6. The first-order chi connectivity index (χ1) is 11.4. The van der Waals surface area contributed by atoms with Crippen molar-refractivity contribution in [3.63, 3.8) is 0 Å². The second-order valence-corrected chi connectivity index (χ2v) is 5.29. The van der Waals surface area contributed by atoms with Gasteiger partial charge in [-0.2, -0.15) is 15.1 Å². The number of aryl methyl sites for hydroxylation is 1. The van der Waals surface area contributed by atoms with E-state index >= 15 is 0 Å². The molecule has 0 bridgehead atoms. The summed E-state index contributed by atoms with van der Waals surface area (Å²) >= 11 is 0. The number of fused-ring (bicyclic) bond motifs is 1. The molecule has 3 rings (SSSR count). The van der Waals surface area contributed by atoms with E-state index in [1.807, 2.05) is 0 Å². The third-order valence-corrected chi connectivity index (χ3v) is 3.24. The molecule has 1 atom stereocenters. The summed E-state index contributed by atoms with van der Waals surface area (Å²) < 4.78 is 32.0. The van der Waals surface area contributed by atoms with Gasteiger partial charge in [0.2, 0.25) is 0 Å². The smallest absolute Gasteiger partial charge is 0.326 e. The number of rotatable bonds is 5. The van der Waals surface area contributed by atoms with Crippen molar-refractivity contribution < 1.29 is 18.6 Å². The zero-order valence-electron chi connectivity index (χ0n) is 13.0. The van der Waals surface area contributed by atoms with Crippen LogP contribution in [0.3, 0.4) is 0 Å². The molecule has 0 aliphatic rings.